The smallest absolute Gasteiger partial charge is 0.254 e. The van der Waals surface area contributed by atoms with Crippen LogP contribution in [0.15, 0.2) is 54.7 Å². The standard InChI is InChI=1S/C30H39N7O2/c1-21-20-22(2)29(34-25-11-16-36(17-12-25)27-10-7-14-33-35-27)23(3)28(21)30(39)37(18-13-26(31)38)19-15-32-24-8-5-4-6-9-24/h4-10,14,20,25,32,34H,11-13,15-19H2,1-3H3,(H2,31,38). The third-order valence-corrected chi connectivity index (χ3v) is 7.31. The topological polar surface area (TPSA) is 116 Å². The molecule has 3 aromatic rings. The summed E-state index contributed by atoms with van der Waals surface area (Å²) >= 11 is 0. The zero-order valence-corrected chi connectivity index (χ0v) is 23.1. The van der Waals surface area contributed by atoms with Crippen LogP contribution in [0.2, 0.25) is 0 Å². The highest BCUT2D eigenvalue weighted by Gasteiger charge is 2.25. The summed E-state index contributed by atoms with van der Waals surface area (Å²) in [5.74, 6) is 0.405. The van der Waals surface area contributed by atoms with Gasteiger partial charge in [-0.25, -0.2) is 0 Å². The zero-order valence-electron chi connectivity index (χ0n) is 23.1. The summed E-state index contributed by atoms with van der Waals surface area (Å²) in [6.45, 7) is 9.15. The Morgan fingerprint density at radius 1 is 1.03 bits per heavy atom. The summed E-state index contributed by atoms with van der Waals surface area (Å²) in [5, 5.41) is 15.3. The van der Waals surface area contributed by atoms with Crippen LogP contribution in [0.5, 0.6) is 0 Å². The van der Waals surface area contributed by atoms with E-state index in [1.807, 2.05) is 56.3 Å². The molecule has 1 fully saturated rings. The largest absolute Gasteiger partial charge is 0.383 e. The highest BCUT2D eigenvalue weighted by Crippen LogP contribution is 2.30. The number of hydrogen-bond donors (Lipinski definition) is 3. The Hall–Kier alpha value is -4.14. The van der Waals surface area contributed by atoms with Crippen molar-refractivity contribution in [3.8, 4) is 0 Å². The summed E-state index contributed by atoms with van der Waals surface area (Å²) in [5.41, 5.74) is 11.1. The van der Waals surface area contributed by atoms with E-state index in [2.05, 4.69) is 38.7 Å². The number of carbonyl (C=O) groups excluding carboxylic acids is 2. The van der Waals surface area contributed by atoms with Crippen molar-refractivity contribution in [2.45, 2.75) is 46.1 Å². The number of piperidine rings is 1. The number of primary amides is 1. The lowest BCUT2D eigenvalue weighted by Crippen LogP contribution is -2.40. The zero-order chi connectivity index (χ0) is 27.8. The number of anilines is 3. The Balaban J connectivity index is 1.48. The van der Waals surface area contributed by atoms with Crippen LogP contribution in [0.25, 0.3) is 0 Å². The molecule has 206 valence electrons. The first-order valence-electron chi connectivity index (χ1n) is 13.6. The minimum atomic E-state index is -0.420. The highest BCUT2D eigenvalue weighted by atomic mass is 16.2. The Morgan fingerprint density at radius 3 is 2.44 bits per heavy atom. The summed E-state index contributed by atoms with van der Waals surface area (Å²) in [7, 11) is 0. The lowest BCUT2D eigenvalue weighted by atomic mass is 9.94. The van der Waals surface area contributed by atoms with Gasteiger partial charge in [0.25, 0.3) is 5.91 Å². The maximum Gasteiger partial charge on any atom is 0.254 e. The second kappa shape index (κ2) is 13.1. The van der Waals surface area contributed by atoms with Crippen LogP contribution in [0.1, 0.15) is 46.3 Å². The van der Waals surface area contributed by atoms with E-state index < -0.39 is 5.91 Å². The number of amides is 2. The van der Waals surface area contributed by atoms with E-state index in [4.69, 9.17) is 5.73 Å². The van der Waals surface area contributed by atoms with Crippen LogP contribution in [0.3, 0.4) is 0 Å². The molecule has 1 aromatic heterocycles. The number of nitrogens with zero attached hydrogens (tertiary/aromatic N) is 4. The molecule has 0 radical (unpaired) electrons. The van der Waals surface area contributed by atoms with E-state index in [1.165, 1.54) is 0 Å². The summed E-state index contributed by atoms with van der Waals surface area (Å²) < 4.78 is 0. The fourth-order valence-corrected chi connectivity index (χ4v) is 5.27. The molecule has 1 saturated heterocycles. The number of rotatable bonds is 11. The van der Waals surface area contributed by atoms with Crippen molar-refractivity contribution in [2.75, 3.05) is 48.3 Å². The predicted octanol–water partition coefficient (Wildman–Crippen LogP) is 3.91. The van der Waals surface area contributed by atoms with E-state index in [0.717, 1.165) is 59.8 Å². The second-order valence-electron chi connectivity index (χ2n) is 10.2. The Kier molecular flexibility index (Phi) is 9.35. The van der Waals surface area contributed by atoms with Gasteiger partial charge in [-0.1, -0.05) is 24.3 Å². The van der Waals surface area contributed by atoms with Gasteiger partial charge in [-0.15, -0.1) is 5.10 Å². The van der Waals surface area contributed by atoms with Gasteiger partial charge in [0.2, 0.25) is 5.91 Å². The average Bonchev–Trinajstić information content (AvgIpc) is 2.94. The Morgan fingerprint density at radius 2 is 1.77 bits per heavy atom. The number of aromatic nitrogens is 2. The van der Waals surface area contributed by atoms with Crippen molar-refractivity contribution in [1.29, 1.82) is 0 Å². The maximum atomic E-state index is 13.9. The molecule has 9 nitrogen and oxygen atoms in total. The number of aryl methyl sites for hydroxylation is 2. The monoisotopic (exact) mass is 529 g/mol. The summed E-state index contributed by atoms with van der Waals surface area (Å²) in [4.78, 5) is 29.5. The SMILES string of the molecule is Cc1cc(C)c(C(=O)N(CCNc2ccccc2)CCC(N)=O)c(C)c1NC1CCN(c2cccnn2)CC1. The van der Waals surface area contributed by atoms with E-state index >= 15 is 0 Å². The number of benzene rings is 2. The summed E-state index contributed by atoms with van der Waals surface area (Å²) in [6.07, 6.45) is 3.73. The van der Waals surface area contributed by atoms with Gasteiger partial charge < -0.3 is 26.2 Å². The van der Waals surface area contributed by atoms with E-state index in [-0.39, 0.29) is 18.9 Å². The van der Waals surface area contributed by atoms with Crippen LogP contribution in [0, 0.1) is 20.8 Å². The molecular formula is C30H39N7O2. The molecule has 0 aliphatic carbocycles. The molecule has 0 spiro atoms. The van der Waals surface area contributed by atoms with Crippen molar-refractivity contribution < 1.29 is 9.59 Å². The molecular weight excluding hydrogens is 490 g/mol. The van der Waals surface area contributed by atoms with Crippen LogP contribution in [-0.2, 0) is 4.79 Å². The first kappa shape index (κ1) is 27.9. The molecule has 0 atom stereocenters. The molecule has 4 rings (SSSR count). The molecule has 9 heteroatoms. The van der Waals surface area contributed by atoms with Gasteiger partial charge >= 0.3 is 0 Å². The minimum absolute atomic E-state index is 0.0818. The molecule has 0 saturated carbocycles. The lowest BCUT2D eigenvalue weighted by molar-refractivity contribution is -0.118. The number of hydrogen-bond acceptors (Lipinski definition) is 7. The second-order valence-corrected chi connectivity index (χ2v) is 10.2. The number of nitrogens with one attached hydrogen (secondary N) is 2. The molecule has 2 aromatic carbocycles. The molecule has 1 aliphatic rings. The van der Waals surface area contributed by atoms with Gasteiger partial charge in [-0.05, 0) is 74.6 Å². The van der Waals surface area contributed by atoms with Gasteiger partial charge in [-0.3, -0.25) is 9.59 Å². The number of nitrogens with two attached hydrogens (primary N) is 1. The first-order valence-corrected chi connectivity index (χ1v) is 13.6. The Bertz CT molecular complexity index is 1260. The molecule has 1 aliphatic heterocycles. The van der Waals surface area contributed by atoms with E-state index in [9.17, 15) is 9.59 Å². The molecule has 0 bridgehead atoms. The third kappa shape index (κ3) is 7.25. The van der Waals surface area contributed by atoms with Crippen molar-refractivity contribution in [3.63, 3.8) is 0 Å². The van der Waals surface area contributed by atoms with E-state index in [1.54, 1.807) is 11.1 Å². The fourth-order valence-electron chi connectivity index (χ4n) is 5.27. The first-order chi connectivity index (χ1) is 18.8. The van der Waals surface area contributed by atoms with Gasteiger partial charge in [0.15, 0.2) is 5.82 Å². The normalized spacial score (nSPS) is 13.7. The fraction of sp³-hybridized carbons (Fsp3) is 0.400. The van der Waals surface area contributed by atoms with Gasteiger partial charge in [0, 0.05) is 68.3 Å². The van der Waals surface area contributed by atoms with Gasteiger partial charge in [0.05, 0.1) is 0 Å². The molecule has 0 unspecified atom stereocenters. The molecule has 2 amide bonds. The molecule has 4 N–H and O–H groups in total. The predicted molar refractivity (Wildman–Crippen MR) is 156 cm³/mol. The quantitative estimate of drug-likeness (QED) is 0.345. The van der Waals surface area contributed by atoms with E-state index in [0.29, 0.717) is 24.7 Å². The van der Waals surface area contributed by atoms with Crippen molar-refractivity contribution in [3.05, 3.63) is 77.0 Å². The average molecular weight is 530 g/mol. The van der Waals surface area contributed by atoms with Crippen molar-refractivity contribution in [1.82, 2.24) is 15.1 Å². The molecule has 2 heterocycles. The van der Waals surface area contributed by atoms with Crippen LogP contribution < -0.4 is 21.3 Å². The van der Waals surface area contributed by atoms with Crippen molar-refractivity contribution in [2.24, 2.45) is 5.73 Å². The highest BCUT2D eigenvalue weighted by molar-refractivity contribution is 5.99. The van der Waals surface area contributed by atoms with Gasteiger partial charge in [-0.2, -0.15) is 5.10 Å². The lowest BCUT2D eigenvalue weighted by Gasteiger charge is -2.34. The van der Waals surface area contributed by atoms with Gasteiger partial charge in [0.1, 0.15) is 0 Å². The minimum Gasteiger partial charge on any atom is -0.383 e. The summed E-state index contributed by atoms with van der Waals surface area (Å²) in [6, 6.07) is 16.1. The maximum absolute atomic E-state index is 13.9. The van der Waals surface area contributed by atoms with Crippen LogP contribution >= 0.6 is 0 Å². The number of carbonyl (C=O) groups is 2. The molecule has 39 heavy (non-hydrogen) atoms. The number of para-hydroxylation sites is 1. The third-order valence-electron chi connectivity index (χ3n) is 7.31. The van der Waals surface area contributed by atoms with Crippen LogP contribution in [0.4, 0.5) is 17.2 Å². The van der Waals surface area contributed by atoms with Crippen molar-refractivity contribution >= 4 is 29.0 Å². The Labute approximate surface area is 230 Å². The van der Waals surface area contributed by atoms with Crippen LogP contribution in [-0.4, -0.2) is 65.7 Å².